The minimum atomic E-state index is 0.247. The fraction of sp³-hybridized carbons (Fsp3) is 0.211. The van der Waals surface area contributed by atoms with Gasteiger partial charge < -0.3 is 0 Å². The van der Waals surface area contributed by atoms with Gasteiger partial charge in [-0.2, -0.15) is 0 Å². The van der Waals surface area contributed by atoms with Crippen molar-refractivity contribution in [2.75, 3.05) is 0 Å². The molecule has 0 saturated heterocycles. The summed E-state index contributed by atoms with van der Waals surface area (Å²) in [6.45, 7) is 5.22. The van der Waals surface area contributed by atoms with Gasteiger partial charge in [-0.15, -0.1) is 0 Å². The van der Waals surface area contributed by atoms with Crippen molar-refractivity contribution >= 4 is 42.6 Å². The van der Waals surface area contributed by atoms with E-state index in [0.29, 0.717) is 9.84 Å². The first-order valence-electron chi connectivity index (χ1n) is 7.68. The first-order valence-corrected chi connectivity index (χ1v) is 10.3. The van der Waals surface area contributed by atoms with Crippen molar-refractivity contribution in [2.45, 2.75) is 25.2 Å². The van der Waals surface area contributed by atoms with Crippen LogP contribution in [0.2, 0.25) is 10.0 Å². The molecule has 0 N–H and O–H groups in total. The van der Waals surface area contributed by atoms with Crippen molar-refractivity contribution in [1.29, 1.82) is 0 Å². The maximum atomic E-state index is 6.51. The van der Waals surface area contributed by atoms with E-state index in [1.165, 1.54) is 15.6 Å². The molecular weight excluding hydrogens is 406 g/mol. The molecule has 5 heteroatoms. The predicted octanol–water partition coefficient (Wildman–Crippen LogP) is 4.58. The number of benzene rings is 2. The third-order valence-corrected chi connectivity index (χ3v) is 7.76. The van der Waals surface area contributed by atoms with E-state index in [-0.39, 0.29) is 15.0 Å². The molecule has 0 aliphatic carbocycles. The van der Waals surface area contributed by atoms with Gasteiger partial charge in [0.1, 0.15) is 0 Å². The maximum absolute atomic E-state index is 6.51. The van der Waals surface area contributed by atoms with Gasteiger partial charge in [-0.05, 0) is 0 Å². The average Bonchev–Trinajstić information content (AvgIpc) is 3.03. The topological polar surface area (TPSA) is 17.8 Å². The van der Waals surface area contributed by atoms with Crippen LogP contribution in [0.25, 0.3) is 0 Å². The van der Waals surface area contributed by atoms with Crippen LogP contribution in [0, 0.1) is 13.8 Å². The van der Waals surface area contributed by atoms with Crippen LogP contribution in [0.4, 0.5) is 0 Å². The number of aryl methyl sites for hydroxylation is 2. The van der Waals surface area contributed by atoms with Crippen molar-refractivity contribution in [2.24, 2.45) is 0 Å². The Balaban J connectivity index is 1.98. The van der Waals surface area contributed by atoms with Gasteiger partial charge in [0.05, 0.1) is 0 Å². The van der Waals surface area contributed by atoms with Crippen LogP contribution >= 0.6 is 23.2 Å². The molecule has 2 nitrogen and oxygen atoms in total. The van der Waals surface area contributed by atoms with E-state index in [1.54, 1.807) is 0 Å². The zero-order valence-corrected chi connectivity index (χ0v) is 16.8. The van der Waals surface area contributed by atoms with Gasteiger partial charge in [0, 0.05) is 0 Å². The summed E-state index contributed by atoms with van der Waals surface area (Å²) in [5.41, 5.74) is 3.84. The molecule has 0 aliphatic rings. The summed E-state index contributed by atoms with van der Waals surface area (Å²) >= 11 is 12.8. The molecule has 1 atom stereocenters. The molecule has 0 amide bonds. The van der Waals surface area contributed by atoms with Crippen LogP contribution in [-0.4, -0.2) is 24.5 Å². The van der Waals surface area contributed by atoms with Crippen LogP contribution in [0.1, 0.15) is 21.5 Å². The molecule has 0 spiro atoms. The summed E-state index contributed by atoms with van der Waals surface area (Å²) in [7, 11) is 0. The molecule has 0 fully saturated rings. The van der Waals surface area contributed by atoms with Crippen LogP contribution in [0.15, 0.2) is 55.1 Å². The molecule has 1 unspecified atom stereocenters. The number of halogens is 2. The molecule has 0 saturated carbocycles. The molecule has 1 heterocycles. The summed E-state index contributed by atoms with van der Waals surface area (Å²) in [4.78, 5) is 4.48. The molecule has 24 heavy (non-hydrogen) atoms. The van der Waals surface area contributed by atoms with Gasteiger partial charge in [-0.25, -0.2) is 0 Å². The molecule has 0 aliphatic heterocycles. The van der Waals surface area contributed by atoms with Crippen molar-refractivity contribution in [3.05, 3.63) is 81.9 Å². The summed E-state index contributed by atoms with van der Waals surface area (Å²) < 4.78 is 3.56. The minimum absolute atomic E-state index is 0.247. The average molecular weight is 424 g/mol. The molecule has 124 valence electrons. The van der Waals surface area contributed by atoms with Crippen LogP contribution in [0.3, 0.4) is 0 Å². The van der Waals surface area contributed by atoms with Crippen molar-refractivity contribution < 1.29 is 0 Å². The summed E-state index contributed by atoms with van der Waals surface area (Å²) in [6.07, 6.45) is 5.67. The second-order valence-electron chi connectivity index (χ2n) is 5.75. The summed E-state index contributed by atoms with van der Waals surface area (Å²) in [5, 5.41) is 1.41. The van der Waals surface area contributed by atoms with Gasteiger partial charge in [0.2, 0.25) is 0 Å². The van der Waals surface area contributed by atoms with Gasteiger partial charge in [0.15, 0.2) is 0 Å². The second-order valence-corrected chi connectivity index (χ2v) is 9.14. The van der Waals surface area contributed by atoms with E-state index in [1.807, 2.05) is 30.9 Å². The molecule has 0 radical (unpaired) electrons. The van der Waals surface area contributed by atoms with Gasteiger partial charge in [0.25, 0.3) is 0 Å². The Kier molecular flexibility index (Phi) is 5.68. The summed E-state index contributed by atoms with van der Waals surface area (Å²) in [5.74, 6) is 0. The standard InChI is InChI=1S/C19H18Cl2N2Se/c1-13-4-3-5-14(2)19(13)24-18(11-23-9-8-22-12-23)16-7-6-15(20)10-17(16)21/h3-10,12,18H,11H2,1-2H3. The SMILES string of the molecule is Cc1cccc(C)c1[Se]C(Cn1ccnc1)c1ccc(Cl)cc1Cl. The second kappa shape index (κ2) is 7.75. The quantitative estimate of drug-likeness (QED) is 0.549. The number of hydrogen-bond donors (Lipinski definition) is 0. The Hall–Kier alpha value is -1.25. The van der Waals surface area contributed by atoms with E-state index >= 15 is 0 Å². The molecule has 3 rings (SSSR count). The molecule has 0 bridgehead atoms. The van der Waals surface area contributed by atoms with Gasteiger partial charge >= 0.3 is 159 Å². The van der Waals surface area contributed by atoms with Crippen molar-refractivity contribution in [3.63, 3.8) is 0 Å². The van der Waals surface area contributed by atoms with E-state index in [2.05, 4.69) is 47.7 Å². The fourth-order valence-corrected chi connectivity index (χ4v) is 6.24. The first-order chi connectivity index (χ1) is 11.5. The molecule has 3 aromatic rings. The Morgan fingerprint density at radius 3 is 2.50 bits per heavy atom. The predicted molar refractivity (Wildman–Crippen MR) is 103 cm³/mol. The fourth-order valence-electron chi connectivity index (χ4n) is 2.68. The van der Waals surface area contributed by atoms with Crippen LogP contribution < -0.4 is 4.46 Å². The van der Waals surface area contributed by atoms with E-state index in [0.717, 1.165) is 17.1 Å². The van der Waals surface area contributed by atoms with Crippen molar-refractivity contribution in [3.8, 4) is 0 Å². The number of rotatable bonds is 5. The monoisotopic (exact) mass is 424 g/mol. The van der Waals surface area contributed by atoms with Crippen LogP contribution in [0.5, 0.6) is 0 Å². The van der Waals surface area contributed by atoms with Gasteiger partial charge in [-0.3, -0.25) is 0 Å². The van der Waals surface area contributed by atoms with Crippen LogP contribution in [-0.2, 0) is 6.54 Å². The van der Waals surface area contributed by atoms with E-state index in [9.17, 15) is 0 Å². The Morgan fingerprint density at radius 1 is 1.12 bits per heavy atom. The normalized spacial score (nSPS) is 12.3. The number of aromatic nitrogens is 2. The zero-order valence-electron chi connectivity index (χ0n) is 13.5. The number of imidazole rings is 1. The molecule has 1 aromatic heterocycles. The number of nitrogens with zero attached hydrogens (tertiary/aromatic N) is 2. The third-order valence-electron chi connectivity index (χ3n) is 3.91. The number of hydrogen-bond acceptors (Lipinski definition) is 1. The van der Waals surface area contributed by atoms with Crippen molar-refractivity contribution in [1.82, 2.24) is 9.55 Å². The zero-order chi connectivity index (χ0) is 17.1. The van der Waals surface area contributed by atoms with E-state index < -0.39 is 0 Å². The third kappa shape index (κ3) is 4.04. The Labute approximate surface area is 159 Å². The van der Waals surface area contributed by atoms with Gasteiger partial charge in [-0.1, -0.05) is 0 Å². The molecular formula is C19H18Cl2N2Se. The van der Waals surface area contributed by atoms with E-state index in [4.69, 9.17) is 23.2 Å². The Morgan fingerprint density at radius 2 is 1.88 bits per heavy atom. The molecule has 2 aromatic carbocycles. The Bertz CT molecular complexity index is 811. The first kappa shape index (κ1) is 17.6. The summed E-state index contributed by atoms with van der Waals surface area (Å²) in [6, 6.07) is 12.3.